The second kappa shape index (κ2) is 9.59. The molecule has 0 bridgehead atoms. The highest BCUT2D eigenvalue weighted by atomic mass is 16.5. The van der Waals surface area contributed by atoms with Gasteiger partial charge in [0.15, 0.2) is 0 Å². The van der Waals surface area contributed by atoms with Gasteiger partial charge in [0.05, 0.1) is 42.6 Å². The van der Waals surface area contributed by atoms with Crippen LogP contribution in [-0.4, -0.2) is 59.4 Å². The lowest BCUT2D eigenvalue weighted by molar-refractivity contribution is 0.0315. The number of nitrogens with zero attached hydrogens (tertiary/aromatic N) is 4. The van der Waals surface area contributed by atoms with Crippen LogP contribution in [0.2, 0.25) is 0 Å². The summed E-state index contributed by atoms with van der Waals surface area (Å²) in [7, 11) is 1.68. The van der Waals surface area contributed by atoms with Gasteiger partial charge < -0.3 is 14.0 Å². The van der Waals surface area contributed by atoms with E-state index in [0.29, 0.717) is 17.8 Å². The molecule has 3 aromatic rings. The molecule has 1 aliphatic rings. The molecule has 1 fully saturated rings. The van der Waals surface area contributed by atoms with Crippen molar-refractivity contribution in [3.8, 4) is 17.1 Å². The van der Waals surface area contributed by atoms with Gasteiger partial charge in [0.25, 0.3) is 0 Å². The first-order valence-electron chi connectivity index (χ1n) is 11.8. The predicted octanol–water partition coefficient (Wildman–Crippen LogP) is 5.13. The Hall–Kier alpha value is -2.44. The zero-order chi connectivity index (χ0) is 22.8. The van der Waals surface area contributed by atoms with Crippen LogP contribution in [0.15, 0.2) is 24.4 Å². The highest BCUT2D eigenvalue weighted by Crippen LogP contribution is 2.34. The average molecular weight is 437 g/mol. The molecule has 3 aromatic heterocycles. The Morgan fingerprint density at radius 2 is 1.84 bits per heavy atom. The zero-order valence-corrected chi connectivity index (χ0v) is 20.3. The Bertz CT molecular complexity index is 1080. The van der Waals surface area contributed by atoms with Gasteiger partial charge >= 0.3 is 0 Å². The Labute approximate surface area is 191 Å². The molecule has 0 N–H and O–H groups in total. The van der Waals surface area contributed by atoms with Crippen molar-refractivity contribution in [1.29, 1.82) is 0 Å². The first-order chi connectivity index (χ1) is 15.4. The minimum absolute atomic E-state index is 0.350. The number of ether oxygens (including phenoxy) is 2. The Balaban J connectivity index is 1.74. The topological polar surface area (TPSA) is 52.4 Å². The predicted molar refractivity (Wildman–Crippen MR) is 130 cm³/mol. The number of aryl methyl sites for hydroxylation is 2. The first kappa shape index (κ1) is 22.7. The third-order valence-electron chi connectivity index (χ3n) is 6.54. The molecule has 0 saturated carbocycles. The lowest BCUT2D eigenvalue weighted by Crippen LogP contribution is -2.39. The molecule has 0 amide bonds. The zero-order valence-electron chi connectivity index (χ0n) is 20.3. The van der Waals surface area contributed by atoms with Crippen LogP contribution in [0.5, 0.6) is 5.88 Å². The van der Waals surface area contributed by atoms with Crippen molar-refractivity contribution < 1.29 is 9.47 Å². The van der Waals surface area contributed by atoms with Gasteiger partial charge in [-0.2, -0.15) is 0 Å². The smallest absolute Gasteiger partial charge is 0.222 e. The second-order valence-electron chi connectivity index (χ2n) is 9.16. The minimum atomic E-state index is 0.350. The van der Waals surface area contributed by atoms with Gasteiger partial charge in [0, 0.05) is 37.6 Å². The van der Waals surface area contributed by atoms with Crippen molar-refractivity contribution in [1.82, 2.24) is 19.4 Å². The maximum absolute atomic E-state index is 5.66. The summed E-state index contributed by atoms with van der Waals surface area (Å²) in [5, 5.41) is 0. The molecule has 0 spiro atoms. The highest BCUT2D eigenvalue weighted by Gasteiger charge is 2.21. The van der Waals surface area contributed by atoms with Gasteiger partial charge in [0.2, 0.25) is 5.88 Å². The SMILES string of the molecule is CC[C@@H](CN1CCOCC1)n1cc(C)c2nc(-c3ccc(C(C)C)nc3OC)c(C)cc21. The Morgan fingerprint density at radius 3 is 2.50 bits per heavy atom. The van der Waals surface area contributed by atoms with Crippen LogP contribution >= 0.6 is 0 Å². The molecular weight excluding hydrogens is 400 g/mol. The van der Waals surface area contributed by atoms with E-state index < -0.39 is 0 Å². The summed E-state index contributed by atoms with van der Waals surface area (Å²) in [5.74, 6) is 0.991. The summed E-state index contributed by atoms with van der Waals surface area (Å²) in [6.45, 7) is 15.6. The van der Waals surface area contributed by atoms with E-state index in [-0.39, 0.29) is 0 Å². The molecule has 0 unspecified atom stereocenters. The number of morpholine rings is 1. The summed E-state index contributed by atoms with van der Waals surface area (Å²) >= 11 is 0. The summed E-state index contributed by atoms with van der Waals surface area (Å²) in [6.07, 6.45) is 3.35. The van der Waals surface area contributed by atoms with Crippen molar-refractivity contribution in [2.24, 2.45) is 0 Å². The van der Waals surface area contributed by atoms with Crippen LogP contribution in [-0.2, 0) is 4.74 Å². The molecule has 1 atom stereocenters. The second-order valence-corrected chi connectivity index (χ2v) is 9.16. The summed E-state index contributed by atoms with van der Waals surface area (Å²) in [4.78, 5) is 12.4. The molecule has 32 heavy (non-hydrogen) atoms. The fraction of sp³-hybridized carbons (Fsp3) is 0.538. The van der Waals surface area contributed by atoms with E-state index in [1.54, 1.807) is 7.11 Å². The van der Waals surface area contributed by atoms with Gasteiger partial charge in [-0.1, -0.05) is 20.8 Å². The number of hydrogen-bond donors (Lipinski definition) is 0. The van der Waals surface area contributed by atoms with E-state index in [9.17, 15) is 0 Å². The Kier molecular flexibility index (Phi) is 6.82. The maximum Gasteiger partial charge on any atom is 0.222 e. The largest absolute Gasteiger partial charge is 0.480 e. The maximum atomic E-state index is 5.66. The molecule has 1 saturated heterocycles. The van der Waals surface area contributed by atoms with Crippen LogP contribution < -0.4 is 4.74 Å². The van der Waals surface area contributed by atoms with E-state index in [2.05, 4.69) is 68.5 Å². The molecule has 4 heterocycles. The molecule has 4 rings (SSSR count). The van der Waals surface area contributed by atoms with E-state index in [0.717, 1.165) is 67.3 Å². The molecule has 0 aliphatic carbocycles. The number of methoxy groups -OCH3 is 1. The van der Waals surface area contributed by atoms with Gasteiger partial charge in [-0.3, -0.25) is 4.90 Å². The number of hydrogen-bond acceptors (Lipinski definition) is 5. The van der Waals surface area contributed by atoms with Crippen LogP contribution in [0, 0.1) is 13.8 Å². The molecule has 6 heteroatoms. The van der Waals surface area contributed by atoms with Crippen molar-refractivity contribution in [3.05, 3.63) is 41.2 Å². The van der Waals surface area contributed by atoms with Crippen LogP contribution in [0.25, 0.3) is 22.3 Å². The van der Waals surface area contributed by atoms with E-state index in [1.165, 1.54) is 11.1 Å². The van der Waals surface area contributed by atoms with Crippen molar-refractivity contribution >= 4 is 11.0 Å². The number of aromatic nitrogens is 3. The standard InChI is InChI=1S/C26H36N4O2/c1-7-20(16-29-10-12-32-13-11-29)30-15-19(5)25-23(30)14-18(4)24(28-25)21-8-9-22(17(2)3)27-26(21)31-6/h8-9,14-15,17,20H,7,10-13,16H2,1-6H3/t20-/m0/s1. The number of rotatable bonds is 7. The lowest BCUT2D eigenvalue weighted by Gasteiger charge is -2.31. The summed E-state index contributed by atoms with van der Waals surface area (Å²) in [6, 6.07) is 6.88. The third kappa shape index (κ3) is 4.39. The molecule has 0 aromatic carbocycles. The van der Waals surface area contributed by atoms with Gasteiger partial charge in [0.1, 0.15) is 0 Å². The van der Waals surface area contributed by atoms with E-state index >= 15 is 0 Å². The highest BCUT2D eigenvalue weighted by molar-refractivity contribution is 5.85. The van der Waals surface area contributed by atoms with Crippen molar-refractivity contribution in [2.75, 3.05) is 40.0 Å². The van der Waals surface area contributed by atoms with Crippen molar-refractivity contribution in [3.63, 3.8) is 0 Å². The molecule has 0 radical (unpaired) electrons. The molecule has 172 valence electrons. The first-order valence-corrected chi connectivity index (χ1v) is 11.8. The quantitative estimate of drug-likeness (QED) is 0.514. The van der Waals surface area contributed by atoms with E-state index in [1.807, 2.05) is 0 Å². The van der Waals surface area contributed by atoms with Crippen molar-refractivity contribution in [2.45, 2.75) is 53.0 Å². The normalized spacial score (nSPS) is 16.1. The molecule has 6 nitrogen and oxygen atoms in total. The number of pyridine rings is 2. The fourth-order valence-electron chi connectivity index (χ4n) is 4.61. The fourth-order valence-corrected chi connectivity index (χ4v) is 4.61. The van der Waals surface area contributed by atoms with Crippen LogP contribution in [0.3, 0.4) is 0 Å². The Morgan fingerprint density at radius 1 is 1.09 bits per heavy atom. The summed E-state index contributed by atoms with van der Waals surface area (Å²) < 4.78 is 13.6. The third-order valence-corrected chi connectivity index (χ3v) is 6.54. The van der Waals surface area contributed by atoms with Gasteiger partial charge in [-0.15, -0.1) is 0 Å². The average Bonchev–Trinajstić information content (AvgIpc) is 3.12. The molecule has 1 aliphatic heterocycles. The van der Waals surface area contributed by atoms with E-state index in [4.69, 9.17) is 19.4 Å². The van der Waals surface area contributed by atoms with Gasteiger partial charge in [-0.05, 0) is 55.5 Å². The lowest BCUT2D eigenvalue weighted by atomic mass is 10.0. The summed E-state index contributed by atoms with van der Waals surface area (Å²) in [5.41, 5.74) is 7.52. The monoisotopic (exact) mass is 436 g/mol. The van der Waals surface area contributed by atoms with Crippen LogP contribution in [0.1, 0.15) is 56.0 Å². The minimum Gasteiger partial charge on any atom is -0.480 e. The molecular formula is C26H36N4O2. The van der Waals surface area contributed by atoms with Gasteiger partial charge in [-0.25, -0.2) is 9.97 Å². The number of fused-ring (bicyclic) bond motifs is 1. The van der Waals surface area contributed by atoms with Crippen LogP contribution in [0.4, 0.5) is 0 Å².